The van der Waals surface area contributed by atoms with Crippen LogP contribution in [0.25, 0.3) is 44.3 Å². The molecule has 0 spiro atoms. The van der Waals surface area contributed by atoms with Crippen LogP contribution >= 0.6 is 0 Å². The van der Waals surface area contributed by atoms with Gasteiger partial charge >= 0.3 is 0 Å². The van der Waals surface area contributed by atoms with Gasteiger partial charge in [-0.05, 0) is 61.0 Å². The number of anilines is 3. The number of fused-ring (bicyclic) bond motifs is 2. The van der Waals surface area contributed by atoms with Crippen molar-refractivity contribution in [2.45, 2.75) is 13.5 Å². The monoisotopic (exact) mass is 527 g/mol. The molecule has 0 saturated heterocycles. The number of methoxy groups -OCH3 is 2. The predicted octanol–water partition coefficient (Wildman–Crippen LogP) is 7.69. The number of nitrogens with one attached hydrogen (secondary N) is 2. The number of hydrogen-bond acceptors (Lipinski definition) is 5. The van der Waals surface area contributed by atoms with E-state index < -0.39 is 0 Å². The fraction of sp³-hybridized carbons (Fsp3) is 0.121. The quantitative estimate of drug-likeness (QED) is 0.198. The molecule has 0 fully saturated rings. The Kier molecular flexibility index (Phi) is 6.29. The van der Waals surface area contributed by atoms with E-state index in [1.165, 1.54) is 0 Å². The highest BCUT2D eigenvalue weighted by atomic mass is 16.5. The van der Waals surface area contributed by atoms with Crippen molar-refractivity contribution in [3.8, 4) is 40.1 Å². The summed E-state index contributed by atoms with van der Waals surface area (Å²) in [6, 6.07) is 30.3. The van der Waals surface area contributed by atoms with E-state index in [1.807, 2.05) is 60.7 Å². The largest absolute Gasteiger partial charge is 0.497 e. The van der Waals surface area contributed by atoms with Gasteiger partial charge in [-0.3, -0.25) is 0 Å². The molecule has 7 heteroatoms. The van der Waals surface area contributed by atoms with E-state index in [0.29, 0.717) is 5.56 Å². The molecule has 2 aromatic heterocycles. The Morgan fingerprint density at radius 1 is 0.825 bits per heavy atom. The molecule has 4 aromatic carbocycles. The first kappa shape index (κ1) is 25.0. The third kappa shape index (κ3) is 4.16. The lowest BCUT2D eigenvalue weighted by Crippen LogP contribution is -1.99. The van der Waals surface area contributed by atoms with Crippen molar-refractivity contribution in [2.75, 3.05) is 25.3 Å². The molecule has 4 N–H and O–H groups in total. The molecule has 0 saturated carbocycles. The number of aromatic amines is 1. The Labute approximate surface area is 232 Å². The minimum Gasteiger partial charge on any atom is -0.497 e. The number of nitrogens with zero attached hydrogens (tertiary/aromatic N) is 2. The standard InChI is InChI=1S/C33H29N5O2/c1-4-38-30-18-25(40-3)14-16-27(30)31(35)33(38)21-7-11-23(12-8-21)36-22-9-5-20(6-10-22)32-28(19-34)26-15-13-24(39-2)17-29(26)37-32/h5-18,36-37H,4,35H2,1-3H3. The zero-order valence-electron chi connectivity index (χ0n) is 22.6. The maximum Gasteiger partial charge on any atom is 0.120 e. The molecule has 7 nitrogen and oxygen atoms in total. The molecular formula is C33H29N5O2. The average molecular weight is 528 g/mol. The number of rotatable bonds is 7. The maximum absolute atomic E-state index is 9.83. The fourth-order valence-corrected chi connectivity index (χ4v) is 5.36. The van der Waals surface area contributed by atoms with Crippen molar-refractivity contribution in [3.63, 3.8) is 0 Å². The molecule has 0 aliphatic heterocycles. The van der Waals surface area contributed by atoms with Gasteiger partial charge in [0.15, 0.2) is 0 Å². The van der Waals surface area contributed by atoms with Crippen molar-refractivity contribution < 1.29 is 9.47 Å². The highest BCUT2D eigenvalue weighted by Crippen LogP contribution is 2.38. The Balaban J connectivity index is 1.26. The first-order valence-electron chi connectivity index (χ1n) is 13.1. The molecule has 0 amide bonds. The van der Waals surface area contributed by atoms with Gasteiger partial charge in [0.1, 0.15) is 17.6 Å². The number of nitriles is 1. The number of nitrogen functional groups attached to an aromatic ring is 1. The van der Waals surface area contributed by atoms with Gasteiger partial charge in [0.25, 0.3) is 0 Å². The summed E-state index contributed by atoms with van der Waals surface area (Å²) < 4.78 is 13.0. The number of ether oxygens (including phenoxy) is 2. The van der Waals surface area contributed by atoms with E-state index in [1.54, 1.807) is 14.2 Å². The van der Waals surface area contributed by atoms with Gasteiger partial charge in [0.05, 0.1) is 47.9 Å². The summed E-state index contributed by atoms with van der Waals surface area (Å²) in [6.45, 7) is 2.91. The van der Waals surface area contributed by atoms with Gasteiger partial charge in [-0.1, -0.05) is 24.3 Å². The van der Waals surface area contributed by atoms with E-state index in [-0.39, 0.29) is 0 Å². The molecule has 198 valence electrons. The van der Waals surface area contributed by atoms with Crippen LogP contribution in [0.1, 0.15) is 12.5 Å². The molecule has 0 aliphatic carbocycles. The van der Waals surface area contributed by atoms with Gasteiger partial charge in [0, 0.05) is 46.4 Å². The van der Waals surface area contributed by atoms with Crippen molar-refractivity contribution in [2.24, 2.45) is 0 Å². The Morgan fingerprint density at radius 3 is 2.02 bits per heavy atom. The van der Waals surface area contributed by atoms with E-state index in [4.69, 9.17) is 15.2 Å². The number of aryl methyl sites for hydroxylation is 1. The molecule has 0 radical (unpaired) electrons. The average Bonchev–Trinajstić information content (AvgIpc) is 3.51. The van der Waals surface area contributed by atoms with Gasteiger partial charge < -0.3 is 30.1 Å². The predicted molar refractivity (Wildman–Crippen MR) is 162 cm³/mol. The van der Waals surface area contributed by atoms with Gasteiger partial charge in [-0.15, -0.1) is 0 Å². The topological polar surface area (TPSA) is 101 Å². The van der Waals surface area contributed by atoms with Crippen LogP contribution < -0.4 is 20.5 Å². The Hall–Kier alpha value is -5.35. The number of nitrogens with two attached hydrogens (primary N) is 1. The third-order valence-corrected chi connectivity index (χ3v) is 7.37. The van der Waals surface area contributed by atoms with Crippen LogP contribution in [0.3, 0.4) is 0 Å². The fourth-order valence-electron chi connectivity index (χ4n) is 5.36. The number of hydrogen-bond donors (Lipinski definition) is 3. The third-order valence-electron chi connectivity index (χ3n) is 7.37. The van der Waals surface area contributed by atoms with Crippen LogP contribution in [-0.2, 0) is 6.54 Å². The zero-order chi connectivity index (χ0) is 27.8. The second-order valence-electron chi connectivity index (χ2n) is 9.57. The van der Waals surface area contributed by atoms with E-state index in [2.05, 4.69) is 52.1 Å². The summed E-state index contributed by atoms with van der Waals surface area (Å²) in [7, 11) is 3.31. The summed E-state index contributed by atoms with van der Waals surface area (Å²) in [4.78, 5) is 3.38. The molecule has 40 heavy (non-hydrogen) atoms. The molecule has 0 bridgehead atoms. The first-order valence-corrected chi connectivity index (χ1v) is 13.1. The van der Waals surface area contributed by atoms with Crippen LogP contribution in [0.5, 0.6) is 11.5 Å². The first-order chi connectivity index (χ1) is 19.5. The maximum atomic E-state index is 9.83. The van der Waals surface area contributed by atoms with Crippen LogP contribution in [0.4, 0.5) is 17.1 Å². The Morgan fingerprint density at radius 2 is 1.43 bits per heavy atom. The van der Waals surface area contributed by atoms with Crippen molar-refractivity contribution in [1.82, 2.24) is 9.55 Å². The zero-order valence-corrected chi connectivity index (χ0v) is 22.6. The van der Waals surface area contributed by atoms with E-state index in [0.717, 1.165) is 79.4 Å². The number of aromatic nitrogens is 2. The summed E-state index contributed by atoms with van der Waals surface area (Å²) in [5.74, 6) is 1.56. The highest BCUT2D eigenvalue weighted by molar-refractivity contribution is 6.01. The molecular weight excluding hydrogens is 498 g/mol. The highest BCUT2D eigenvalue weighted by Gasteiger charge is 2.17. The van der Waals surface area contributed by atoms with Gasteiger partial charge in [-0.25, -0.2) is 0 Å². The normalized spacial score (nSPS) is 11.1. The molecule has 0 aliphatic rings. The van der Waals surface area contributed by atoms with Crippen molar-refractivity contribution in [3.05, 3.63) is 90.5 Å². The minimum absolute atomic E-state index is 0.621. The lowest BCUT2D eigenvalue weighted by molar-refractivity contribution is 0.415. The lowest BCUT2D eigenvalue weighted by atomic mass is 10.1. The Bertz CT molecular complexity index is 1890. The molecule has 0 atom stereocenters. The molecule has 6 aromatic rings. The smallest absolute Gasteiger partial charge is 0.120 e. The van der Waals surface area contributed by atoms with Crippen LogP contribution in [0, 0.1) is 11.3 Å². The van der Waals surface area contributed by atoms with Crippen LogP contribution in [-0.4, -0.2) is 23.8 Å². The second-order valence-corrected chi connectivity index (χ2v) is 9.57. The van der Waals surface area contributed by atoms with Crippen molar-refractivity contribution >= 4 is 38.9 Å². The van der Waals surface area contributed by atoms with E-state index in [9.17, 15) is 5.26 Å². The number of H-pyrrole nitrogens is 1. The minimum atomic E-state index is 0.621. The number of benzene rings is 4. The molecule has 0 unspecified atom stereocenters. The summed E-state index contributed by atoms with van der Waals surface area (Å²) in [5, 5.41) is 15.2. The van der Waals surface area contributed by atoms with Crippen LogP contribution in [0.2, 0.25) is 0 Å². The summed E-state index contributed by atoms with van der Waals surface area (Å²) in [6.07, 6.45) is 0. The second kappa shape index (κ2) is 10.1. The molecule has 6 rings (SSSR count). The van der Waals surface area contributed by atoms with Gasteiger partial charge in [0.2, 0.25) is 0 Å². The van der Waals surface area contributed by atoms with E-state index >= 15 is 0 Å². The summed E-state index contributed by atoms with van der Waals surface area (Å²) >= 11 is 0. The SMILES string of the molecule is CCn1c(-c2ccc(Nc3ccc(-c4[nH]c5cc(OC)ccc5c4C#N)cc3)cc2)c(N)c2ccc(OC)cc21. The molecule has 2 heterocycles. The van der Waals surface area contributed by atoms with Crippen LogP contribution in [0.15, 0.2) is 84.9 Å². The van der Waals surface area contributed by atoms with Gasteiger partial charge in [-0.2, -0.15) is 5.26 Å². The summed E-state index contributed by atoms with van der Waals surface area (Å²) in [5.41, 5.74) is 15.6. The van der Waals surface area contributed by atoms with Crippen molar-refractivity contribution in [1.29, 1.82) is 5.26 Å². The lowest BCUT2D eigenvalue weighted by Gasteiger charge is -2.11.